The van der Waals surface area contributed by atoms with Crippen molar-refractivity contribution >= 4 is 11.9 Å². The van der Waals surface area contributed by atoms with Gasteiger partial charge in [0.25, 0.3) is 0 Å². The van der Waals surface area contributed by atoms with Crippen LogP contribution in [0.15, 0.2) is 85.1 Å². The number of hydrogen-bond acceptors (Lipinski definition) is 5. The molecule has 0 bridgehead atoms. The highest BCUT2D eigenvalue weighted by molar-refractivity contribution is 5.77. The smallest absolute Gasteiger partial charge is 0.306 e. The number of unbranched alkanes of at least 4 members (excludes halogenated alkanes) is 22. The topological polar surface area (TPSA) is 95.9 Å². The van der Waals surface area contributed by atoms with Gasteiger partial charge in [-0.15, -0.1) is 0 Å². The molecular formula is C59H103NO5. The summed E-state index contributed by atoms with van der Waals surface area (Å²) in [5, 5.41) is 23.8. The molecular weight excluding hydrogens is 803 g/mol. The Morgan fingerprint density at radius 1 is 0.462 bits per heavy atom. The van der Waals surface area contributed by atoms with Crippen LogP contribution in [0.2, 0.25) is 0 Å². The SMILES string of the molecule is CC/C=C\C/C=C\C/C=C\C/C=C\C/C=C\C/C=C\CCC(=O)OC(CCCCCCC/C=C\CCCCCC)CC(=O)NC(CO)C(O)CCCCCCCCCCCCCCCC. The van der Waals surface area contributed by atoms with Crippen molar-refractivity contribution in [1.82, 2.24) is 5.32 Å². The van der Waals surface area contributed by atoms with E-state index in [4.69, 9.17) is 4.74 Å². The molecule has 3 atom stereocenters. The third-order valence-electron chi connectivity index (χ3n) is 12.0. The molecule has 0 saturated carbocycles. The summed E-state index contributed by atoms with van der Waals surface area (Å²) in [7, 11) is 0. The third-order valence-corrected chi connectivity index (χ3v) is 12.0. The van der Waals surface area contributed by atoms with Crippen LogP contribution in [-0.4, -0.2) is 46.9 Å². The van der Waals surface area contributed by atoms with Crippen LogP contribution in [0.3, 0.4) is 0 Å². The molecule has 0 saturated heterocycles. The Kier molecular flexibility index (Phi) is 49.6. The molecule has 6 heteroatoms. The number of allylic oxidation sites excluding steroid dienone is 14. The lowest BCUT2D eigenvalue weighted by atomic mass is 10.0. The molecule has 65 heavy (non-hydrogen) atoms. The van der Waals surface area contributed by atoms with Crippen molar-refractivity contribution in [2.45, 2.75) is 270 Å². The summed E-state index contributed by atoms with van der Waals surface area (Å²) in [4.78, 5) is 26.2. The van der Waals surface area contributed by atoms with Gasteiger partial charge in [0.1, 0.15) is 6.10 Å². The van der Waals surface area contributed by atoms with Gasteiger partial charge in [-0.25, -0.2) is 0 Å². The zero-order chi connectivity index (χ0) is 47.4. The number of amides is 1. The van der Waals surface area contributed by atoms with Gasteiger partial charge in [-0.1, -0.05) is 234 Å². The number of aliphatic hydroxyl groups excluding tert-OH is 2. The molecule has 1 amide bonds. The Hall–Kier alpha value is -2.96. The first-order valence-corrected chi connectivity index (χ1v) is 27.3. The van der Waals surface area contributed by atoms with Gasteiger partial charge < -0.3 is 20.3 Å². The summed E-state index contributed by atoms with van der Waals surface area (Å²) in [5.74, 6) is -0.583. The monoisotopic (exact) mass is 906 g/mol. The predicted molar refractivity (Wildman–Crippen MR) is 282 cm³/mol. The number of nitrogens with one attached hydrogen (secondary N) is 1. The maximum atomic E-state index is 13.2. The largest absolute Gasteiger partial charge is 0.462 e. The summed E-state index contributed by atoms with van der Waals surface area (Å²) in [5.41, 5.74) is 0. The molecule has 0 aromatic carbocycles. The van der Waals surface area contributed by atoms with Crippen molar-refractivity contribution in [2.75, 3.05) is 6.61 Å². The highest BCUT2D eigenvalue weighted by atomic mass is 16.5. The number of ether oxygens (including phenoxy) is 1. The highest BCUT2D eigenvalue weighted by Gasteiger charge is 2.24. The van der Waals surface area contributed by atoms with Crippen LogP contribution in [0.25, 0.3) is 0 Å². The second-order valence-electron chi connectivity index (χ2n) is 18.2. The lowest BCUT2D eigenvalue weighted by molar-refractivity contribution is -0.150. The quantitative estimate of drug-likeness (QED) is 0.0321. The first-order valence-electron chi connectivity index (χ1n) is 27.3. The molecule has 6 nitrogen and oxygen atoms in total. The van der Waals surface area contributed by atoms with Crippen LogP contribution >= 0.6 is 0 Å². The van der Waals surface area contributed by atoms with Crippen LogP contribution < -0.4 is 5.32 Å². The molecule has 0 radical (unpaired) electrons. The molecule has 0 rings (SSSR count). The van der Waals surface area contributed by atoms with Gasteiger partial charge in [0, 0.05) is 6.42 Å². The normalized spacial score (nSPS) is 13.9. The first-order chi connectivity index (χ1) is 32.0. The fourth-order valence-corrected chi connectivity index (χ4v) is 7.86. The van der Waals surface area contributed by atoms with Gasteiger partial charge in [-0.05, 0) is 89.9 Å². The number of carbonyl (C=O) groups excluding carboxylic acids is 2. The summed E-state index contributed by atoms with van der Waals surface area (Å²) < 4.78 is 5.90. The third kappa shape index (κ3) is 47.3. The molecule has 0 aromatic heterocycles. The Morgan fingerprint density at radius 3 is 1.28 bits per heavy atom. The van der Waals surface area contributed by atoms with Crippen LogP contribution in [0.5, 0.6) is 0 Å². The molecule has 0 spiro atoms. The van der Waals surface area contributed by atoms with Crippen molar-refractivity contribution in [2.24, 2.45) is 0 Å². The summed E-state index contributed by atoms with van der Waals surface area (Å²) in [6.45, 7) is 6.34. The second-order valence-corrected chi connectivity index (χ2v) is 18.2. The number of aliphatic hydroxyl groups is 2. The average molecular weight is 906 g/mol. The second kappa shape index (κ2) is 52.0. The minimum absolute atomic E-state index is 0.0385. The molecule has 374 valence electrons. The molecule has 0 fully saturated rings. The molecule has 3 unspecified atom stereocenters. The van der Waals surface area contributed by atoms with Gasteiger partial charge in [-0.2, -0.15) is 0 Å². The van der Waals surface area contributed by atoms with E-state index in [2.05, 4.69) is 105 Å². The maximum Gasteiger partial charge on any atom is 0.306 e. The van der Waals surface area contributed by atoms with Crippen LogP contribution in [0.4, 0.5) is 0 Å². The predicted octanol–water partition coefficient (Wildman–Crippen LogP) is 16.7. The minimum atomic E-state index is -0.806. The Morgan fingerprint density at radius 2 is 0.831 bits per heavy atom. The minimum Gasteiger partial charge on any atom is -0.462 e. The summed E-state index contributed by atoms with van der Waals surface area (Å²) in [6, 6.07) is -0.723. The van der Waals surface area contributed by atoms with Gasteiger partial charge in [0.2, 0.25) is 5.91 Å². The average Bonchev–Trinajstić information content (AvgIpc) is 3.30. The molecule has 0 heterocycles. The highest BCUT2D eigenvalue weighted by Crippen LogP contribution is 2.17. The Labute approximate surface area is 402 Å². The molecule has 3 N–H and O–H groups in total. The lowest BCUT2D eigenvalue weighted by Gasteiger charge is -2.24. The van der Waals surface area contributed by atoms with E-state index in [1.807, 2.05) is 6.08 Å². The van der Waals surface area contributed by atoms with E-state index in [9.17, 15) is 19.8 Å². The van der Waals surface area contributed by atoms with Gasteiger partial charge in [0.05, 0.1) is 25.2 Å². The van der Waals surface area contributed by atoms with Gasteiger partial charge >= 0.3 is 5.97 Å². The van der Waals surface area contributed by atoms with Crippen molar-refractivity contribution in [3.05, 3.63) is 85.1 Å². The standard InChI is InChI=1S/C59H103NO5/c1-4-7-10-13-16-19-22-25-27-28-29-30-31-34-37-40-43-46-49-52-59(64)65-55(50-47-44-41-38-35-32-24-21-18-15-12-9-6-3)53-58(63)60-56(54-61)57(62)51-48-45-42-39-36-33-26-23-20-17-14-11-8-5-2/h7,10,16,19,21,24-25,27,29-30,34,37,43,46,55-57,61-62H,4-6,8-9,11-15,17-18,20,22-23,26,28,31-33,35-36,38-42,44-45,47-54H2,1-3H3,(H,60,63)/b10-7-,19-16-,24-21-,27-25-,30-29-,37-34-,46-43-. The number of carbonyl (C=O) groups is 2. The van der Waals surface area contributed by atoms with E-state index in [0.29, 0.717) is 19.3 Å². The van der Waals surface area contributed by atoms with E-state index in [1.54, 1.807) is 0 Å². The van der Waals surface area contributed by atoms with Crippen molar-refractivity contribution in [3.8, 4) is 0 Å². The number of rotatable bonds is 48. The van der Waals surface area contributed by atoms with E-state index in [1.165, 1.54) is 116 Å². The van der Waals surface area contributed by atoms with Crippen LogP contribution in [0, 0.1) is 0 Å². The van der Waals surface area contributed by atoms with E-state index in [0.717, 1.165) is 83.5 Å². The van der Waals surface area contributed by atoms with Crippen molar-refractivity contribution in [1.29, 1.82) is 0 Å². The first kappa shape index (κ1) is 62.0. The molecule has 0 aliphatic rings. The number of esters is 1. The van der Waals surface area contributed by atoms with Crippen LogP contribution in [0.1, 0.15) is 252 Å². The van der Waals surface area contributed by atoms with Gasteiger partial charge in [0.15, 0.2) is 0 Å². The lowest BCUT2D eigenvalue weighted by Crippen LogP contribution is -2.46. The fraction of sp³-hybridized carbons (Fsp3) is 0.729. The molecule has 0 aliphatic heterocycles. The van der Waals surface area contributed by atoms with E-state index < -0.39 is 18.2 Å². The van der Waals surface area contributed by atoms with Crippen molar-refractivity contribution < 1.29 is 24.5 Å². The van der Waals surface area contributed by atoms with Gasteiger partial charge in [-0.3, -0.25) is 9.59 Å². The zero-order valence-corrected chi connectivity index (χ0v) is 42.6. The summed E-state index contributed by atoms with van der Waals surface area (Å²) >= 11 is 0. The Balaban J connectivity index is 4.68. The molecule has 0 aliphatic carbocycles. The summed E-state index contributed by atoms with van der Waals surface area (Å²) in [6.07, 6.45) is 67.9. The van der Waals surface area contributed by atoms with E-state index in [-0.39, 0.29) is 31.3 Å². The van der Waals surface area contributed by atoms with Crippen LogP contribution in [-0.2, 0) is 14.3 Å². The van der Waals surface area contributed by atoms with Crippen molar-refractivity contribution in [3.63, 3.8) is 0 Å². The molecule has 0 aromatic rings. The maximum absolute atomic E-state index is 13.2. The number of hydrogen-bond donors (Lipinski definition) is 3. The Bertz CT molecular complexity index is 1250. The zero-order valence-electron chi connectivity index (χ0n) is 42.6. The van der Waals surface area contributed by atoms with E-state index >= 15 is 0 Å². The fourth-order valence-electron chi connectivity index (χ4n) is 7.86.